The lowest BCUT2D eigenvalue weighted by Crippen LogP contribution is -2.01. The molecule has 0 aliphatic heterocycles. The van der Waals surface area contributed by atoms with Gasteiger partial charge in [-0.3, -0.25) is 9.35 Å². The van der Waals surface area contributed by atoms with Gasteiger partial charge in [0.15, 0.2) is 5.78 Å². The van der Waals surface area contributed by atoms with Crippen LogP contribution < -0.4 is 0 Å². The second-order valence-electron chi connectivity index (χ2n) is 3.53. The molecule has 0 aliphatic carbocycles. The Kier molecular flexibility index (Phi) is 4.20. The van der Waals surface area contributed by atoms with Crippen molar-refractivity contribution in [1.82, 2.24) is 0 Å². The molecule has 0 saturated heterocycles. The minimum absolute atomic E-state index is 0.0104. The first kappa shape index (κ1) is 12.9. The number of benzene rings is 1. The van der Waals surface area contributed by atoms with Crippen molar-refractivity contribution in [2.45, 2.75) is 31.1 Å². The molecule has 0 saturated carbocycles. The summed E-state index contributed by atoms with van der Waals surface area (Å²) in [5.41, 5.74) is 0.473. The third kappa shape index (κ3) is 3.43. The lowest BCUT2D eigenvalue weighted by molar-refractivity contribution is 0.0979. The summed E-state index contributed by atoms with van der Waals surface area (Å²) >= 11 is 0. The highest BCUT2D eigenvalue weighted by atomic mass is 32.2. The topological polar surface area (TPSA) is 71.4 Å². The van der Waals surface area contributed by atoms with E-state index in [1.54, 1.807) is 0 Å². The fourth-order valence-corrected chi connectivity index (χ4v) is 1.77. The van der Waals surface area contributed by atoms with Gasteiger partial charge in [0.2, 0.25) is 0 Å². The highest BCUT2D eigenvalue weighted by molar-refractivity contribution is 7.85. The van der Waals surface area contributed by atoms with E-state index in [9.17, 15) is 13.2 Å². The molecule has 88 valence electrons. The monoisotopic (exact) mass is 242 g/mol. The van der Waals surface area contributed by atoms with E-state index < -0.39 is 10.1 Å². The van der Waals surface area contributed by atoms with Crippen LogP contribution in [0.15, 0.2) is 29.2 Å². The zero-order chi connectivity index (χ0) is 12.2. The van der Waals surface area contributed by atoms with E-state index in [0.717, 1.165) is 12.8 Å². The van der Waals surface area contributed by atoms with Crippen molar-refractivity contribution in [2.75, 3.05) is 0 Å². The van der Waals surface area contributed by atoms with Crippen LogP contribution in [0.25, 0.3) is 0 Å². The van der Waals surface area contributed by atoms with Crippen molar-refractivity contribution in [3.8, 4) is 0 Å². The predicted octanol–water partition coefficient (Wildman–Crippen LogP) is 2.31. The molecule has 0 unspecified atom stereocenters. The Hall–Kier alpha value is -1.20. The molecule has 0 bridgehead atoms. The number of rotatable bonds is 5. The van der Waals surface area contributed by atoms with E-state index in [2.05, 4.69) is 0 Å². The smallest absolute Gasteiger partial charge is 0.294 e. The molecule has 0 aliphatic rings. The molecule has 1 N–H and O–H groups in total. The number of hydrogen-bond acceptors (Lipinski definition) is 3. The number of carbonyl (C=O) groups excluding carboxylic acids is 1. The summed E-state index contributed by atoms with van der Waals surface area (Å²) in [6, 6.07) is 5.30. The highest BCUT2D eigenvalue weighted by Crippen LogP contribution is 2.12. The fraction of sp³-hybridized carbons (Fsp3) is 0.364. The zero-order valence-corrected chi connectivity index (χ0v) is 9.83. The van der Waals surface area contributed by atoms with Gasteiger partial charge in [-0.2, -0.15) is 8.42 Å². The molecule has 1 rings (SSSR count). The second kappa shape index (κ2) is 5.23. The maximum atomic E-state index is 11.6. The Morgan fingerprint density at radius 1 is 1.25 bits per heavy atom. The third-order valence-corrected chi connectivity index (χ3v) is 3.10. The molecule has 5 heteroatoms. The molecule has 0 fully saturated rings. The zero-order valence-electron chi connectivity index (χ0n) is 9.01. The summed E-state index contributed by atoms with van der Waals surface area (Å²) in [6.45, 7) is 1.99. The van der Waals surface area contributed by atoms with Crippen LogP contribution in [0.1, 0.15) is 36.5 Å². The Balaban J connectivity index is 2.83. The van der Waals surface area contributed by atoms with Crippen LogP contribution in [-0.2, 0) is 10.1 Å². The predicted molar refractivity (Wildman–Crippen MR) is 60.1 cm³/mol. The standard InChI is InChI=1S/C11H14O4S/c1-2-3-4-11(12)9-5-7-10(8-6-9)16(13,14)15/h5-8H,2-4H2,1H3,(H,13,14,15). The van der Waals surface area contributed by atoms with Gasteiger partial charge in [0.25, 0.3) is 10.1 Å². The van der Waals surface area contributed by atoms with Gasteiger partial charge < -0.3 is 0 Å². The van der Waals surface area contributed by atoms with E-state index in [0.29, 0.717) is 12.0 Å². The molecule has 0 amide bonds. The Morgan fingerprint density at radius 2 is 1.81 bits per heavy atom. The van der Waals surface area contributed by atoms with Gasteiger partial charge in [-0.15, -0.1) is 0 Å². The molecule has 0 radical (unpaired) electrons. The maximum Gasteiger partial charge on any atom is 0.294 e. The average molecular weight is 242 g/mol. The van der Waals surface area contributed by atoms with E-state index in [4.69, 9.17) is 4.55 Å². The Labute approximate surface area is 95.0 Å². The SMILES string of the molecule is CCCCC(=O)c1ccc(S(=O)(=O)O)cc1. The quantitative estimate of drug-likeness (QED) is 0.635. The molecular weight excluding hydrogens is 228 g/mol. The summed E-state index contributed by atoms with van der Waals surface area (Å²) in [5, 5.41) is 0. The van der Waals surface area contributed by atoms with E-state index in [1.165, 1.54) is 24.3 Å². The minimum Gasteiger partial charge on any atom is -0.294 e. The number of hydrogen-bond donors (Lipinski definition) is 1. The first-order valence-corrected chi connectivity index (χ1v) is 6.50. The Bertz CT molecular complexity index is 459. The summed E-state index contributed by atoms with van der Waals surface area (Å²) in [5.74, 6) is -0.0104. The van der Waals surface area contributed by atoms with Gasteiger partial charge in [0.05, 0.1) is 4.90 Å². The summed E-state index contributed by atoms with van der Waals surface area (Å²) < 4.78 is 30.3. The van der Waals surface area contributed by atoms with Crippen molar-refractivity contribution in [3.63, 3.8) is 0 Å². The summed E-state index contributed by atoms with van der Waals surface area (Å²) in [4.78, 5) is 11.4. The molecule has 0 aromatic heterocycles. The van der Waals surface area contributed by atoms with Crippen molar-refractivity contribution in [2.24, 2.45) is 0 Å². The number of carbonyl (C=O) groups is 1. The number of ketones is 1. The van der Waals surface area contributed by atoms with E-state index in [-0.39, 0.29) is 10.7 Å². The fourth-order valence-electron chi connectivity index (χ4n) is 1.29. The van der Waals surface area contributed by atoms with Crippen LogP contribution in [0.4, 0.5) is 0 Å². The van der Waals surface area contributed by atoms with Gasteiger partial charge in [-0.25, -0.2) is 0 Å². The van der Waals surface area contributed by atoms with Gasteiger partial charge >= 0.3 is 0 Å². The molecule has 1 aromatic rings. The van der Waals surface area contributed by atoms with Crippen molar-refractivity contribution < 1.29 is 17.8 Å². The molecular formula is C11H14O4S. The average Bonchev–Trinajstić information content (AvgIpc) is 2.25. The van der Waals surface area contributed by atoms with Crippen LogP contribution in [0.3, 0.4) is 0 Å². The molecule has 0 atom stereocenters. The third-order valence-electron chi connectivity index (χ3n) is 2.23. The van der Waals surface area contributed by atoms with Crippen LogP contribution in [0, 0.1) is 0 Å². The molecule has 0 spiro atoms. The van der Waals surface area contributed by atoms with Crippen molar-refractivity contribution >= 4 is 15.9 Å². The Morgan fingerprint density at radius 3 is 2.25 bits per heavy atom. The van der Waals surface area contributed by atoms with E-state index >= 15 is 0 Å². The van der Waals surface area contributed by atoms with E-state index in [1.807, 2.05) is 6.92 Å². The second-order valence-corrected chi connectivity index (χ2v) is 4.95. The largest absolute Gasteiger partial charge is 0.294 e. The van der Waals surface area contributed by atoms with Gasteiger partial charge in [0.1, 0.15) is 0 Å². The van der Waals surface area contributed by atoms with Crippen LogP contribution >= 0.6 is 0 Å². The molecule has 1 aromatic carbocycles. The molecule has 16 heavy (non-hydrogen) atoms. The lowest BCUT2D eigenvalue weighted by Gasteiger charge is -2.01. The summed E-state index contributed by atoms with van der Waals surface area (Å²) in [7, 11) is -4.17. The van der Waals surface area contributed by atoms with Crippen molar-refractivity contribution in [1.29, 1.82) is 0 Å². The normalized spacial score (nSPS) is 11.4. The molecule has 0 heterocycles. The first-order chi connectivity index (χ1) is 7.45. The van der Waals surface area contributed by atoms with Gasteiger partial charge in [-0.1, -0.05) is 25.5 Å². The first-order valence-electron chi connectivity index (χ1n) is 5.06. The lowest BCUT2D eigenvalue weighted by atomic mass is 10.1. The van der Waals surface area contributed by atoms with Gasteiger partial charge in [-0.05, 0) is 18.6 Å². The molecule has 4 nitrogen and oxygen atoms in total. The number of Topliss-reactive ketones (excluding diaryl/α,β-unsaturated/α-hetero) is 1. The van der Waals surface area contributed by atoms with Gasteiger partial charge in [0, 0.05) is 12.0 Å². The number of unbranched alkanes of at least 4 members (excludes halogenated alkanes) is 1. The maximum absolute atomic E-state index is 11.6. The summed E-state index contributed by atoms with van der Waals surface area (Å²) in [6.07, 6.45) is 2.22. The van der Waals surface area contributed by atoms with Crippen molar-refractivity contribution in [3.05, 3.63) is 29.8 Å². The van der Waals surface area contributed by atoms with Crippen LogP contribution in [0.2, 0.25) is 0 Å². The minimum atomic E-state index is -4.17. The van der Waals surface area contributed by atoms with Crippen LogP contribution in [0.5, 0.6) is 0 Å². The van der Waals surface area contributed by atoms with Crippen LogP contribution in [-0.4, -0.2) is 18.8 Å². The highest BCUT2D eigenvalue weighted by Gasteiger charge is 2.10.